The molecule has 0 aliphatic heterocycles. The van der Waals surface area contributed by atoms with E-state index < -0.39 is 0 Å². The molecule has 0 fully saturated rings. The quantitative estimate of drug-likeness (QED) is 0.771. The van der Waals surface area contributed by atoms with Crippen molar-refractivity contribution in [3.8, 4) is 0 Å². The molecule has 2 aromatic rings. The van der Waals surface area contributed by atoms with Gasteiger partial charge in [-0.25, -0.2) is 0 Å². The Hall–Kier alpha value is -0.590. The minimum Gasteiger partial charge on any atom is -0.392 e. The summed E-state index contributed by atoms with van der Waals surface area (Å²) >= 11 is 4.34. The summed E-state index contributed by atoms with van der Waals surface area (Å²) in [7, 11) is 0. The standard InChI is InChI=1S/C15H16INOS/c16-15-8-12-13(2-1-3-14(12)19-15)17-11-6-4-10(9-18)5-7-11/h4-8,13,17-18H,1-3,9H2. The fourth-order valence-electron chi connectivity index (χ4n) is 2.58. The second-order valence-corrected chi connectivity index (χ2v) is 7.90. The van der Waals surface area contributed by atoms with Crippen molar-refractivity contribution in [2.45, 2.75) is 31.9 Å². The summed E-state index contributed by atoms with van der Waals surface area (Å²) in [6, 6.07) is 10.8. The third-order valence-corrected chi connectivity index (χ3v) is 5.53. The zero-order chi connectivity index (χ0) is 13.2. The zero-order valence-corrected chi connectivity index (χ0v) is 13.5. The van der Waals surface area contributed by atoms with Crippen molar-refractivity contribution in [2.24, 2.45) is 0 Å². The van der Waals surface area contributed by atoms with E-state index in [9.17, 15) is 0 Å². The van der Waals surface area contributed by atoms with E-state index in [2.05, 4.69) is 46.1 Å². The van der Waals surface area contributed by atoms with Crippen LogP contribution in [0.3, 0.4) is 0 Å². The molecule has 1 heterocycles. The van der Waals surface area contributed by atoms with Crippen LogP contribution in [0.25, 0.3) is 0 Å². The van der Waals surface area contributed by atoms with Gasteiger partial charge in [0.2, 0.25) is 0 Å². The van der Waals surface area contributed by atoms with Crippen molar-refractivity contribution >= 4 is 39.6 Å². The first-order valence-electron chi connectivity index (χ1n) is 6.50. The average molecular weight is 385 g/mol. The van der Waals surface area contributed by atoms with E-state index in [0.29, 0.717) is 6.04 Å². The normalized spacial score (nSPS) is 18.1. The zero-order valence-electron chi connectivity index (χ0n) is 10.5. The van der Waals surface area contributed by atoms with Gasteiger partial charge >= 0.3 is 0 Å². The summed E-state index contributed by atoms with van der Waals surface area (Å²) in [5.74, 6) is 0. The largest absolute Gasteiger partial charge is 0.392 e. The Labute approximate surface area is 131 Å². The summed E-state index contributed by atoms with van der Waals surface area (Å²) < 4.78 is 1.38. The van der Waals surface area contributed by atoms with E-state index in [4.69, 9.17) is 5.11 Å². The fraction of sp³-hybridized carbons (Fsp3) is 0.333. The molecule has 1 aromatic heterocycles. The van der Waals surface area contributed by atoms with E-state index in [0.717, 1.165) is 11.3 Å². The van der Waals surface area contributed by atoms with Crippen molar-refractivity contribution in [3.05, 3.63) is 49.2 Å². The monoisotopic (exact) mass is 385 g/mol. The Kier molecular flexibility index (Phi) is 4.10. The minimum absolute atomic E-state index is 0.108. The van der Waals surface area contributed by atoms with E-state index >= 15 is 0 Å². The van der Waals surface area contributed by atoms with Crippen LogP contribution < -0.4 is 5.32 Å². The van der Waals surface area contributed by atoms with Crippen LogP contribution in [0.1, 0.15) is 34.9 Å². The average Bonchev–Trinajstić information content (AvgIpc) is 2.81. The van der Waals surface area contributed by atoms with Gasteiger partial charge in [0.25, 0.3) is 0 Å². The van der Waals surface area contributed by atoms with Crippen molar-refractivity contribution in [3.63, 3.8) is 0 Å². The molecule has 3 rings (SSSR count). The molecule has 0 bridgehead atoms. The lowest BCUT2D eigenvalue weighted by Crippen LogP contribution is -2.15. The van der Waals surface area contributed by atoms with Crippen LogP contribution in [-0.2, 0) is 13.0 Å². The minimum atomic E-state index is 0.108. The van der Waals surface area contributed by atoms with Crippen LogP contribution in [0.2, 0.25) is 0 Å². The molecule has 0 spiro atoms. The molecule has 19 heavy (non-hydrogen) atoms. The van der Waals surface area contributed by atoms with E-state index in [1.54, 1.807) is 4.88 Å². The molecule has 0 amide bonds. The molecule has 1 aromatic carbocycles. The smallest absolute Gasteiger partial charge is 0.0681 e. The number of benzene rings is 1. The number of anilines is 1. The third kappa shape index (κ3) is 2.95. The van der Waals surface area contributed by atoms with Gasteiger partial charge in [-0.05, 0) is 71.2 Å². The maximum absolute atomic E-state index is 9.06. The van der Waals surface area contributed by atoms with Crippen molar-refractivity contribution < 1.29 is 5.11 Å². The number of thiophene rings is 1. The molecule has 1 atom stereocenters. The predicted octanol–water partition coefficient (Wildman–Crippen LogP) is 4.33. The number of aliphatic hydroxyl groups is 1. The molecule has 1 aliphatic carbocycles. The number of hydrogen-bond donors (Lipinski definition) is 2. The van der Waals surface area contributed by atoms with Crippen LogP contribution in [0.5, 0.6) is 0 Å². The molecule has 1 aliphatic rings. The van der Waals surface area contributed by atoms with Crippen molar-refractivity contribution in [2.75, 3.05) is 5.32 Å². The number of fused-ring (bicyclic) bond motifs is 1. The Bertz CT molecular complexity index is 564. The number of rotatable bonds is 3. The first kappa shape index (κ1) is 13.4. The molecule has 2 nitrogen and oxygen atoms in total. The predicted molar refractivity (Wildman–Crippen MR) is 88.7 cm³/mol. The van der Waals surface area contributed by atoms with Crippen LogP contribution in [0, 0.1) is 2.88 Å². The molecule has 1 unspecified atom stereocenters. The van der Waals surface area contributed by atoms with Crippen LogP contribution in [-0.4, -0.2) is 5.11 Å². The van der Waals surface area contributed by atoms with Crippen molar-refractivity contribution in [1.29, 1.82) is 0 Å². The Morgan fingerprint density at radius 1 is 1.32 bits per heavy atom. The number of halogens is 1. The molecular formula is C15H16INOS. The van der Waals surface area contributed by atoms with Gasteiger partial charge in [-0.1, -0.05) is 12.1 Å². The molecule has 4 heteroatoms. The maximum atomic E-state index is 9.06. The van der Waals surface area contributed by atoms with E-state index in [1.807, 2.05) is 23.5 Å². The first-order valence-corrected chi connectivity index (χ1v) is 8.40. The summed E-state index contributed by atoms with van der Waals surface area (Å²) in [5, 5.41) is 12.7. The lowest BCUT2D eigenvalue weighted by Gasteiger charge is -2.24. The van der Waals surface area contributed by atoms with Crippen LogP contribution in [0.15, 0.2) is 30.3 Å². The SMILES string of the molecule is OCc1ccc(NC2CCCc3sc(I)cc32)cc1. The number of aliphatic hydroxyl groups excluding tert-OH is 1. The highest BCUT2D eigenvalue weighted by Gasteiger charge is 2.22. The highest BCUT2D eigenvalue weighted by atomic mass is 127. The highest BCUT2D eigenvalue weighted by Crippen LogP contribution is 2.38. The summed E-state index contributed by atoms with van der Waals surface area (Å²) in [5.41, 5.74) is 3.57. The van der Waals surface area contributed by atoms with Gasteiger partial charge in [-0.2, -0.15) is 0 Å². The molecule has 0 radical (unpaired) electrons. The van der Waals surface area contributed by atoms with E-state index in [1.165, 1.54) is 27.7 Å². The van der Waals surface area contributed by atoms with Gasteiger partial charge in [0, 0.05) is 10.6 Å². The summed E-state index contributed by atoms with van der Waals surface area (Å²) in [6.45, 7) is 0.108. The first-order chi connectivity index (χ1) is 9.26. The fourth-order valence-corrected chi connectivity index (χ4v) is 4.70. The maximum Gasteiger partial charge on any atom is 0.0681 e. The van der Waals surface area contributed by atoms with Gasteiger partial charge in [-0.3, -0.25) is 0 Å². The third-order valence-electron chi connectivity index (χ3n) is 3.56. The molecule has 2 N–H and O–H groups in total. The van der Waals surface area contributed by atoms with Crippen molar-refractivity contribution in [1.82, 2.24) is 0 Å². The lowest BCUT2D eigenvalue weighted by atomic mass is 9.94. The number of nitrogens with one attached hydrogen (secondary N) is 1. The second kappa shape index (κ2) is 5.81. The van der Waals surface area contributed by atoms with Crippen LogP contribution in [0.4, 0.5) is 5.69 Å². The van der Waals surface area contributed by atoms with Gasteiger partial charge in [0.15, 0.2) is 0 Å². The van der Waals surface area contributed by atoms with E-state index in [-0.39, 0.29) is 6.61 Å². The molecule has 100 valence electrons. The van der Waals surface area contributed by atoms with Gasteiger partial charge in [0.05, 0.1) is 15.5 Å². The second-order valence-electron chi connectivity index (χ2n) is 4.87. The lowest BCUT2D eigenvalue weighted by molar-refractivity contribution is 0.282. The molecule has 0 saturated heterocycles. The summed E-state index contributed by atoms with van der Waals surface area (Å²) in [6.07, 6.45) is 3.68. The Morgan fingerprint density at radius 3 is 2.84 bits per heavy atom. The number of aryl methyl sites for hydroxylation is 1. The Morgan fingerprint density at radius 2 is 2.11 bits per heavy atom. The highest BCUT2D eigenvalue weighted by molar-refractivity contribution is 14.1. The van der Waals surface area contributed by atoms with Gasteiger partial charge < -0.3 is 10.4 Å². The topological polar surface area (TPSA) is 32.3 Å². The van der Waals surface area contributed by atoms with Crippen LogP contribution >= 0.6 is 33.9 Å². The summed E-state index contributed by atoms with van der Waals surface area (Å²) in [4.78, 5) is 1.54. The molecule has 0 saturated carbocycles. The van der Waals surface area contributed by atoms with Gasteiger partial charge in [0.1, 0.15) is 0 Å². The number of hydrogen-bond acceptors (Lipinski definition) is 3. The Balaban J connectivity index is 1.79. The van der Waals surface area contributed by atoms with Gasteiger partial charge in [-0.15, -0.1) is 11.3 Å². The molecular weight excluding hydrogens is 369 g/mol.